The van der Waals surface area contributed by atoms with Gasteiger partial charge in [-0.25, -0.2) is 13.5 Å². The molecule has 0 radical (unpaired) electrons. The van der Waals surface area contributed by atoms with Crippen LogP contribution in [0.15, 0.2) is 53.3 Å². The molecule has 0 fully saturated rings. The van der Waals surface area contributed by atoms with E-state index in [-0.39, 0.29) is 11.6 Å². The van der Waals surface area contributed by atoms with Crippen LogP contribution in [0.5, 0.6) is 11.6 Å². The molecule has 1 amide bonds. The molecular weight excluding hydrogens is 396 g/mol. The minimum Gasteiger partial charge on any atom is -0.497 e. The first-order valence-corrected chi connectivity index (χ1v) is 8.92. The Hall–Kier alpha value is -3.75. The van der Waals surface area contributed by atoms with E-state index in [1.165, 1.54) is 13.2 Å². The van der Waals surface area contributed by atoms with E-state index in [9.17, 15) is 18.4 Å². The fraction of sp³-hybridized carbons (Fsp3) is 0.190. The van der Waals surface area contributed by atoms with Crippen LogP contribution in [0.2, 0.25) is 0 Å². The molecule has 0 bridgehead atoms. The molecule has 1 aromatic heterocycles. The first-order chi connectivity index (χ1) is 14.3. The van der Waals surface area contributed by atoms with Gasteiger partial charge in [-0.2, -0.15) is 5.10 Å². The van der Waals surface area contributed by atoms with E-state index in [0.29, 0.717) is 5.75 Å². The Morgan fingerprint density at radius 2 is 1.73 bits per heavy atom. The van der Waals surface area contributed by atoms with Crippen LogP contribution in [-0.2, 0) is 0 Å². The number of carbonyl (C=O) groups is 1. The summed E-state index contributed by atoms with van der Waals surface area (Å²) in [5.41, 5.74) is -0.215. The molecule has 9 heteroatoms. The summed E-state index contributed by atoms with van der Waals surface area (Å²) >= 11 is 0. The summed E-state index contributed by atoms with van der Waals surface area (Å²) in [7, 11) is 2.84. The molecule has 0 saturated carbocycles. The Kier molecular flexibility index (Phi) is 6.10. The number of amides is 1. The molecule has 1 atom stereocenters. The minimum absolute atomic E-state index is 0.0363. The summed E-state index contributed by atoms with van der Waals surface area (Å²) in [6.07, 6.45) is 0. The third-order valence-corrected chi connectivity index (χ3v) is 4.43. The Bertz CT molecular complexity index is 1130. The molecule has 3 rings (SSSR count). The third kappa shape index (κ3) is 4.29. The first kappa shape index (κ1) is 21.0. The van der Waals surface area contributed by atoms with Crippen molar-refractivity contribution in [1.29, 1.82) is 0 Å². The number of aromatic nitrogens is 2. The van der Waals surface area contributed by atoms with Gasteiger partial charge < -0.3 is 14.8 Å². The lowest BCUT2D eigenvalue weighted by Gasteiger charge is -2.16. The molecule has 0 aliphatic carbocycles. The zero-order chi connectivity index (χ0) is 21.8. The smallest absolute Gasteiger partial charge is 0.276 e. The maximum atomic E-state index is 13.6. The normalized spacial score (nSPS) is 11.6. The van der Waals surface area contributed by atoms with Gasteiger partial charge in [0.2, 0.25) is 11.3 Å². The molecule has 0 saturated heterocycles. The van der Waals surface area contributed by atoms with E-state index in [4.69, 9.17) is 9.47 Å². The van der Waals surface area contributed by atoms with Crippen molar-refractivity contribution in [1.82, 2.24) is 15.1 Å². The fourth-order valence-electron chi connectivity index (χ4n) is 2.79. The second-order valence-corrected chi connectivity index (χ2v) is 6.38. The number of rotatable bonds is 6. The SMILES string of the molecule is COc1ccc([C@H](C)NC(=O)c2nn(-c3ccc(F)c(F)c3)c(OC)cc2=O)cc1. The van der Waals surface area contributed by atoms with Gasteiger partial charge in [0, 0.05) is 6.07 Å². The molecule has 1 N–H and O–H groups in total. The highest BCUT2D eigenvalue weighted by Gasteiger charge is 2.20. The second-order valence-electron chi connectivity index (χ2n) is 6.38. The van der Waals surface area contributed by atoms with Crippen LogP contribution in [0.4, 0.5) is 8.78 Å². The lowest BCUT2D eigenvalue weighted by Crippen LogP contribution is -2.33. The minimum atomic E-state index is -1.10. The van der Waals surface area contributed by atoms with E-state index in [2.05, 4.69) is 10.4 Å². The number of carbonyl (C=O) groups excluding carboxylic acids is 1. The molecule has 3 aromatic rings. The highest BCUT2D eigenvalue weighted by Crippen LogP contribution is 2.19. The maximum absolute atomic E-state index is 13.6. The predicted octanol–water partition coefficient (Wildman–Crippen LogP) is 3.02. The van der Waals surface area contributed by atoms with Crippen LogP contribution < -0.4 is 20.2 Å². The van der Waals surface area contributed by atoms with Crippen molar-refractivity contribution in [3.05, 3.63) is 81.6 Å². The van der Waals surface area contributed by atoms with E-state index >= 15 is 0 Å². The lowest BCUT2D eigenvalue weighted by molar-refractivity contribution is 0.0931. The van der Waals surface area contributed by atoms with Crippen LogP contribution in [0.25, 0.3) is 5.69 Å². The average Bonchev–Trinajstić information content (AvgIpc) is 2.75. The van der Waals surface area contributed by atoms with Crippen molar-refractivity contribution in [2.24, 2.45) is 0 Å². The van der Waals surface area contributed by atoms with Gasteiger partial charge in [-0.3, -0.25) is 9.59 Å². The highest BCUT2D eigenvalue weighted by atomic mass is 19.2. The van der Waals surface area contributed by atoms with Gasteiger partial charge in [-0.1, -0.05) is 12.1 Å². The molecule has 0 unspecified atom stereocenters. The van der Waals surface area contributed by atoms with Crippen molar-refractivity contribution in [3.8, 4) is 17.3 Å². The Morgan fingerprint density at radius 1 is 1.03 bits per heavy atom. The zero-order valence-electron chi connectivity index (χ0n) is 16.5. The van der Waals surface area contributed by atoms with Gasteiger partial charge in [0.15, 0.2) is 17.3 Å². The van der Waals surface area contributed by atoms with Crippen LogP contribution in [-0.4, -0.2) is 29.9 Å². The number of halogens is 2. The number of ether oxygens (including phenoxy) is 2. The molecule has 2 aromatic carbocycles. The number of nitrogens with zero attached hydrogens (tertiary/aromatic N) is 2. The first-order valence-electron chi connectivity index (χ1n) is 8.92. The quantitative estimate of drug-likeness (QED) is 0.669. The molecule has 0 spiro atoms. The van der Waals surface area contributed by atoms with Gasteiger partial charge >= 0.3 is 0 Å². The highest BCUT2D eigenvalue weighted by molar-refractivity contribution is 5.92. The number of hydrogen-bond donors (Lipinski definition) is 1. The number of nitrogens with one attached hydrogen (secondary N) is 1. The summed E-state index contributed by atoms with van der Waals surface area (Å²) in [4.78, 5) is 25.1. The van der Waals surface area contributed by atoms with Gasteiger partial charge in [-0.05, 0) is 36.8 Å². The van der Waals surface area contributed by atoms with Crippen molar-refractivity contribution in [2.45, 2.75) is 13.0 Å². The summed E-state index contributed by atoms with van der Waals surface area (Å²) in [6.45, 7) is 1.75. The molecule has 0 aliphatic rings. The van der Waals surface area contributed by atoms with Gasteiger partial charge in [-0.15, -0.1) is 0 Å². The predicted molar refractivity (Wildman–Crippen MR) is 105 cm³/mol. The molecule has 0 aliphatic heterocycles. The number of hydrogen-bond acceptors (Lipinski definition) is 5. The van der Waals surface area contributed by atoms with E-state index in [1.54, 1.807) is 38.3 Å². The van der Waals surface area contributed by atoms with E-state index in [0.717, 1.165) is 28.4 Å². The number of methoxy groups -OCH3 is 2. The second kappa shape index (κ2) is 8.73. The van der Waals surface area contributed by atoms with Crippen molar-refractivity contribution in [3.63, 3.8) is 0 Å². The van der Waals surface area contributed by atoms with Gasteiger partial charge in [0.1, 0.15) is 5.75 Å². The largest absolute Gasteiger partial charge is 0.497 e. The van der Waals surface area contributed by atoms with Crippen LogP contribution >= 0.6 is 0 Å². The van der Waals surface area contributed by atoms with E-state index in [1.807, 2.05) is 0 Å². The molecule has 156 valence electrons. The monoisotopic (exact) mass is 415 g/mol. The van der Waals surface area contributed by atoms with E-state index < -0.39 is 34.7 Å². The third-order valence-electron chi connectivity index (χ3n) is 4.43. The Labute approximate surface area is 170 Å². The van der Waals surface area contributed by atoms with Crippen molar-refractivity contribution < 1.29 is 23.0 Å². The maximum Gasteiger partial charge on any atom is 0.276 e. The topological polar surface area (TPSA) is 82.4 Å². The average molecular weight is 415 g/mol. The Balaban J connectivity index is 1.93. The van der Waals surface area contributed by atoms with Crippen LogP contribution in [0.3, 0.4) is 0 Å². The van der Waals surface area contributed by atoms with Crippen LogP contribution in [0, 0.1) is 11.6 Å². The molecule has 7 nitrogen and oxygen atoms in total. The molecule has 30 heavy (non-hydrogen) atoms. The summed E-state index contributed by atoms with van der Waals surface area (Å²) in [6, 6.07) is 10.7. The van der Waals surface area contributed by atoms with Crippen LogP contribution in [0.1, 0.15) is 29.0 Å². The van der Waals surface area contributed by atoms with Crippen molar-refractivity contribution >= 4 is 5.91 Å². The fourth-order valence-corrected chi connectivity index (χ4v) is 2.79. The molecular formula is C21H19F2N3O4. The Morgan fingerprint density at radius 3 is 2.33 bits per heavy atom. The zero-order valence-corrected chi connectivity index (χ0v) is 16.5. The summed E-state index contributed by atoms with van der Waals surface area (Å²) < 4.78 is 38.2. The summed E-state index contributed by atoms with van der Waals surface area (Å²) in [5.74, 6) is -2.23. The standard InChI is InChI=1S/C21H19F2N3O4/c1-12(13-4-7-15(29-2)8-5-13)24-21(28)20-18(27)11-19(30-3)26(25-20)14-6-9-16(22)17(23)10-14/h4-12H,1-3H3,(H,24,28)/t12-/m0/s1. The van der Waals surface area contributed by atoms with Gasteiger partial charge in [0.05, 0.1) is 32.0 Å². The van der Waals surface area contributed by atoms with Crippen molar-refractivity contribution in [2.75, 3.05) is 14.2 Å². The molecule has 1 heterocycles. The van der Waals surface area contributed by atoms with Gasteiger partial charge in [0.25, 0.3) is 5.91 Å². The summed E-state index contributed by atoms with van der Waals surface area (Å²) in [5, 5.41) is 6.71. The lowest BCUT2D eigenvalue weighted by atomic mass is 10.1. The number of benzene rings is 2.